The highest BCUT2D eigenvalue weighted by Gasteiger charge is 2.30. The molecule has 2 heterocycles. The Hall–Kier alpha value is -2.28. The molecular weight excluding hydrogens is 341 g/mol. The lowest BCUT2D eigenvalue weighted by Crippen LogP contribution is -2.29. The lowest BCUT2D eigenvalue weighted by Gasteiger charge is -2.30. The quantitative estimate of drug-likeness (QED) is 0.867. The van der Waals surface area contributed by atoms with Gasteiger partial charge in [0.25, 0.3) is 5.91 Å². The zero-order chi connectivity index (χ0) is 18.2. The highest BCUT2D eigenvalue weighted by atomic mass is 32.2. The monoisotopic (exact) mass is 361 g/mol. The number of halogens is 1. The van der Waals surface area contributed by atoms with Gasteiger partial charge in [0.1, 0.15) is 17.3 Å². The third-order valence-corrected chi connectivity index (χ3v) is 5.11. The van der Waals surface area contributed by atoms with Crippen LogP contribution in [0.25, 0.3) is 0 Å². The summed E-state index contributed by atoms with van der Waals surface area (Å²) in [5, 5.41) is 3.15. The van der Waals surface area contributed by atoms with Crippen molar-refractivity contribution in [3.8, 4) is 0 Å². The van der Waals surface area contributed by atoms with Crippen molar-refractivity contribution in [1.82, 2.24) is 0 Å². The van der Waals surface area contributed by atoms with E-state index >= 15 is 0 Å². The molecule has 1 aliphatic rings. The molecule has 3 rings (SSSR count). The molecule has 0 radical (unpaired) electrons. The number of nitrogens with zero attached hydrogens (tertiary/aromatic N) is 1. The van der Waals surface area contributed by atoms with Crippen LogP contribution in [-0.2, 0) is 5.54 Å². The summed E-state index contributed by atoms with van der Waals surface area (Å²) in [4.78, 5) is 16.9. The van der Waals surface area contributed by atoms with Crippen LogP contribution in [0.4, 0.5) is 10.1 Å². The van der Waals surface area contributed by atoms with Crippen LogP contribution in [0.5, 0.6) is 0 Å². The molecule has 1 unspecified atom stereocenters. The van der Waals surface area contributed by atoms with E-state index in [1.54, 1.807) is 32.0 Å². The molecule has 0 bridgehead atoms. The van der Waals surface area contributed by atoms with Gasteiger partial charge in [-0.05, 0) is 51.0 Å². The number of anilines is 1. The number of rotatable bonds is 3. The molecule has 0 saturated heterocycles. The summed E-state index contributed by atoms with van der Waals surface area (Å²) in [6.45, 7) is 5.42. The number of thioether (sulfide) groups is 1. The first-order valence-corrected chi connectivity index (χ1v) is 8.93. The van der Waals surface area contributed by atoms with Crippen LogP contribution in [0.15, 0.2) is 33.7 Å². The second kappa shape index (κ2) is 6.55. The van der Waals surface area contributed by atoms with Crippen molar-refractivity contribution < 1.29 is 13.6 Å². The second-order valence-corrected chi connectivity index (χ2v) is 7.41. The number of nitrogens with two attached hydrogens (primary N) is 1. The predicted octanol–water partition coefficient (Wildman–Crippen LogP) is 3.95. The zero-order valence-electron chi connectivity index (χ0n) is 14.4. The molecule has 1 aliphatic heterocycles. The van der Waals surface area contributed by atoms with Crippen molar-refractivity contribution >= 4 is 28.5 Å². The molecule has 2 aromatic rings. The number of furan rings is 1. The lowest BCUT2D eigenvalue weighted by molar-refractivity contribution is 0.102. The highest BCUT2D eigenvalue weighted by Crippen LogP contribution is 2.36. The summed E-state index contributed by atoms with van der Waals surface area (Å²) in [5.74, 6) is 1.07. The first kappa shape index (κ1) is 17.5. The van der Waals surface area contributed by atoms with Crippen LogP contribution < -0.4 is 11.1 Å². The SMILES string of the molecule is Cc1cc(C(=O)Nc2cc(C3(C)CCSC(N)=N3)ccc2F)c(C)o1. The highest BCUT2D eigenvalue weighted by molar-refractivity contribution is 8.13. The van der Waals surface area contributed by atoms with Crippen LogP contribution in [0.1, 0.15) is 40.8 Å². The van der Waals surface area contributed by atoms with E-state index < -0.39 is 17.3 Å². The van der Waals surface area contributed by atoms with Gasteiger partial charge in [0.15, 0.2) is 5.17 Å². The standard InChI is InChI=1S/C18H20FN3O2S/c1-10-8-13(11(2)24-10)16(23)21-15-9-12(4-5-14(15)19)18(3)6-7-25-17(20)22-18/h4-5,8-9H,6-7H2,1-3H3,(H2,20,22)(H,21,23). The Balaban J connectivity index is 1.91. The topological polar surface area (TPSA) is 80.6 Å². The van der Waals surface area contributed by atoms with Gasteiger partial charge in [-0.2, -0.15) is 0 Å². The maximum absolute atomic E-state index is 14.2. The molecule has 0 aliphatic carbocycles. The fourth-order valence-electron chi connectivity index (χ4n) is 2.90. The number of amidine groups is 1. The summed E-state index contributed by atoms with van der Waals surface area (Å²) in [5.41, 5.74) is 6.65. The molecule has 0 spiro atoms. The number of aliphatic imine (C=N–C) groups is 1. The number of hydrogen-bond acceptors (Lipinski definition) is 5. The molecule has 1 aromatic heterocycles. The van der Waals surface area contributed by atoms with Gasteiger partial charge in [-0.1, -0.05) is 17.8 Å². The smallest absolute Gasteiger partial charge is 0.259 e. The van der Waals surface area contributed by atoms with Crippen molar-refractivity contribution in [3.63, 3.8) is 0 Å². The maximum Gasteiger partial charge on any atom is 0.259 e. The molecule has 5 nitrogen and oxygen atoms in total. The van der Waals surface area contributed by atoms with Gasteiger partial charge >= 0.3 is 0 Å². The number of aryl methyl sites for hydroxylation is 2. The normalized spacial score (nSPS) is 20.2. The lowest BCUT2D eigenvalue weighted by atomic mass is 9.89. The fourth-order valence-corrected chi connectivity index (χ4v) is 3.87. The van der Waals surface area contributed by atoms with Crippen molar-refractivity contribution in [1.29, 1.82) is 0 Å². The molecule has 3 N–H and O–H groups in total. The molecule has 1 atom stereocenters. The number of hydrogen-bond donors (Lipinski definition) is 2. The van der Waals surface area contributed by atoms with Crippen molar-refractivity contribution in [2.75, 3.05) is 11.1 Å². The Bertz CT molecular complexity index is 862. The average Bonchev–Trinajstić information content (AvgIpc) is 2.87. The molecule has 25 heavy (non-hydrogen) atoms. The largest absolute Gasteiger partial charge is 0.466 e. The van der Waals surface area contributed by atoms with E-state index in [0.717, 1.165) is 17.7 Å². The molecule has 0 saturated carbocycles. The number of amides is 1. The number of benzene rings is 1. The predicted molar refractivity (Wildman–Crippen MR) is 98.6 cm³/mol. The Kier molecular flexibility index (Phi) is 4.60. The van der Waals surface area contributed by atoms with Crippen LogP contribution >= 0.6 is 11.8 Å². The second-order valence-electron chi connectivity index (χ2n) is 6.30. The third kappa shape index (κ3) is 3.56. The summed E-state index contributed by atoms with van der Waals surface area (Å²) in [6, 6.07) is 6.29. The Morgan fingerprint density at radius 3 is 2.80 bits per heavy atom. The van der Waals surface area contributed by atoms with Crippen LogP contribution in [0.2, 0.25) is 0 Å². The van der Waals surface area contributed by atoms with Crippen molar-refractivity contribution in [2.24, 2.45) is 10.7 Å². The summed E-state index contributed by atoms with van der Waals surface area (Å²) in [6.07, 6.45) is 0.789. The number of carbonyl (C=O) groups is 1. The van der Waals surface area contributed by atoms with Gasteiger partial charge in [0.2, 0.25) is 0 Å². The van der Waals surface area contributed by atoms with E-state index in [1.807, 2.05) is 6.92 Å². The minimum absolute atomic E-state index is 0.119. The number of carbonyl (C=O) groups excluding carboxylic acids is 1. The minimum atomic E-state index is -0.523. The summed E-state index contributed by atoms with van der Waals surface area (Å²) < 4.78 is 19.6. The number of nitrogens with one attached hydrogen (secondary N) is 1. The van der Waals surface area contributed by atoms with Gasteiger partial charge < -0.3 is 15.5 Å². The van der Waals surface area contributed by atoms with Gasteiger partial charge in [-0.25, -0.2) is 4.39 Å². The van der Waals surface area contributed by atoms with Crippen molar-refractivity contribution in [2.45, 2.75) is 32.7 Å². The van der Waals surface area contributed by atoms with Crippen LogP contribution in [0.3, 0.4) is 0 Å². The van der Waals surface area contributed by atoms with E-state index in [0.29, 0.717) is 22.3 Å². The maximum atomic E-state index is 14.2. The van der Waals surface area contributed by atoms with Gasteiger partial charge in [0.05, 0.1) is 16.8 Å². The first-order chi connectivity index (χ1) is 11.8. The Morgan fingerprint density at radius 1 is 1.40 bits per heavy atom. The summed E-state index contributed by atoms with van der Waals surface area (Å²) in [7, 11) is 0. The molecule has 0 fully saturated rings. The van der Waals surface area contributed by atoms with E-state index in [9.17, 15) is 9.18 Å². The van der Waals surface area contributed by atoms with E-state index in [1.165, 1.54) is 17.8 Å². The van der Waals surface area contributed by atoms with E-state index in [-0.39, 0.29) is 5.69 Å². The molecule has 132 valence electrons. The van der Waals surface area contributed by atoms with Gasteiger partial charge in [0, 0.05) is 5.75 Å². The first-order valence-electron chi connectivity index (χ1n) is 7.95. The minimum Gasteiger partial charge on any atom is -0.466 e. The Labute approximate surface area is 149 Å². The van der Waals surface area contributed by atoms with E-state index in [2.05, 4.69) is 10.3 Å². The molecule has 1 aromatic carbocycles. The van der Waals surface area contributed by atoms with E-state index in [4.69, 9.17) is 10.2 Å². The van der Waals surface area contributed by atoms with Gasteiger partial charge in [-0.15, -0.1) is 0 Å². The molecule has 1 amide bonds. The van der Waals surface area contributed by atoms with Crippen molar-refractivity contribution in [3.05, 3.63) is 52.7 Å². The van der Waals surface area contributed by atoms with Crippen LogP contribution in [0, 0.1) is 19.7 Å². The van der Waals surface area contributed by atoms with Gasteiger partial charge in [-0.3, -0.25) is 9.79 Å². The third-order valence-electron chi connectivity index (χ3n) is 4.32. The average molecular weight is 361 g/mol. The molecular formula is C18H20FN3O2S. The summed E-state index contributed by atoms with van der Waals surface area (Å²) >= 11 is 1.51. The molecule has 7 heteroatoms. The zero-order valence-corrected chi connectivity index (χ0v) is 15.2. The van der Waals surface area contributed by atoms with Crippen LogP contribution in [-0.4, -0.2) is 16.8 Å². The Morgan fingerprint density at radius 2 is 2.16 bits per heavy atom. The fraction of sp³-hybridized carbons (Fsp3) is 0.333.